The highest BCUT2D eigenvalue weighted by molar-refractivity contribution is 6.31. The minimum absolute atomic E-state index is 0.0302. The second-order valence-electron chi connectivity index (χ2n) is 6.48. The zero-order valence-corrected chi connectivity index (χ0v) is 14.8. The van der Waals surface area contributed by atoms with Gasteiger partial charge in [-0.2, -0.15) is 0 Å². The van der Waals surface area contributed by atoms with E-state index >= 15 is 0 Å². The lowest BCUT2D eigenvalue weighted by atomic mass is 9.74. The Morgan fingerprint density at radius 1 is 1.12 bits per heavy atom. The van der Waals surface area contributed by atoms with Crippen molar-refractivity contribution in [3.8, 4) is 0 Å². The fourth-order valence-electron chi connectivity index (χ4n) is 3.41. The van der Waals surface area contributed by atoms with Crippen LogP contribution in [0.4, 0.5) is 0 Å². The highest BCUT2D eigenvalue weighted by Crippen LogP contribution is 2.38. The molecule has 2 N–H and O–H groups in total. The Hall–Kier alpha value is -1.88. The van der Waals surface area contributed by atoms with Crippen LogP contribution in [0.25, 0.3) is 0 Å². The van der Waals surface area contributed by atoms with Crippen LogP contribution in [0.2, 0.25) is 5.02 Å². The SMILES string of the molecule is O=C(O)c1ccc(CNCC2(c3ccccc3Cl)CCOCC2)cc1. The van der Waals surface area contributed by atoms with Crippen molar-refractivity contribution in [2.45, 2.75) is 24.8 Å². The molecule has 0 unspecified atom stereocenters. The van der Waals surface area contributed by atoms with Gasteiger partial charge < -0.3 is 15.2 Å². The smallest absolute Gasteiger partial charge is 0.335 e. The van der Waals surface area contributed by atoms with Gasteiger partial charge >= 0.3 is 5.97 Å². The van der Waals surface area contributed by atoms with Crippen molar-refractivity contribution in [3.05, 3.63) is 70.2 Å². The molecule has 2 aromatic carbocycles. The van der Waals surface area contributed by atoms with Gasteiger partial charge in [0, 0.05) is 36.7 Å². The maximum atomic E-state index is 10.9. The van der Waals surface area contributed by atoms with E-state index in [0.717, 1.165) is 43.2 Å². The molecular formula is C20H22ClNO3. The Bertz CT molecular complexity index is 724. The highest BCUT2D eigenvalue weighted by Gasteiger charge is 2.35. The number of benzene rings is 2. The van der Waals surface area contributed by atoms with Gasteiger partial charge in [-0.15, -0.1) is 0 Å². The molecule has 1 aliphatic rings. The summed E-state index contributed by atoms with van der Waals surface area (Å²) in [5.41, 5.74) is 2.51. The van der Waals surface area contributed by atoms with E-state index in [1.165, 1.54) is 5.56 Å². The summed E-state index contributed by atoms with van der Waals surface area (Å²) in [5, 5.41) is 13.3. The fourth-order valence-corrected chi connectivity index (χ4v) is 3.74. The Balaban J connectivity index is 1.69. The number of nitrogens with one attached hydrogen (secondary N) is 1. The summed E-state index contributed by atoms with van der Waals surface area (Å²) in [6, 6.07) is 15.0. The topological polar surface area (TPSA) is 58.6 Å². The number of rotatable bonds is 6. The second-order valence-corrected chi connectivity index (χ2v) is 6.89. The van der Waals surface area contributed by atoms with Crippen LogP contribution in [0.3, 0.4) is 0 Å². The third-order valence-electron chi connectivity index (χ3n) is 4.89. The molecule has 1 aliphatic heterocycles. The molecule has 1 heterocycles. The van der Waals surface area contributed by atoms with Crippen molar-refractivity contribution in [1.29, 1.82) is 0 Å². The minimum atomic E-state index is -0.903. The van der Waals surface area contributed by atoms with Crippen LogP contribution in [0, 0.1) is 0 Å². The van der Waals surface area contributed by atoms with Gasteiger partial charge in [0.25, 0.3) is 0 Å². The summed E-state index contributed by atoms with van der Waals surface area (Å²) in [7, 11) is 0. The number of carbonyl (C=O) groups is 1. The Labute approximate surface area is 152 Å². The van der Waals surface area contributed by atoms with E-state index in [1.54, 1.807) is 12.1 Å². The van der Waals surface area contributed by atoms with Crippen LogP contribution in [-0.4, -0.2) is 30.8 Å². The Kier molecular flexibility index (Phi) is 5.74. The first kappa shape index (κ1) is 17.9. The van der Waals surface area contributed by atoms with E-state index in [-0.39, 0.29) is 5.41 Å². The first-order chi connectivity index (χ1) is 12.1. The van der Waals surface area contributed by atoms with Crippen LogP contribution in [0.15, 0.2) is 48.5 Å². The summed E-state index contributed by atoms with van der Waals surface area (Å²) >= 11 is 6.47. The second kappa shape index (κ2) is 8.00. The van der Waals surface area contributed by atoms with Gasteiger partial charge in [0.05, 0.1) is 5.56 Å². The van der Waals surface area contributed by atoms with Crippen LogP contribution < -0.4 is 5.32 Å². The summed E-state index contributed by atoms with van der Waals surface area (Å²) in [6.45, 7) is 2.97. The van der Waals surface area contributed by atoms with Crippen molar-refractivity contribution in [1.82, 2.24) is 5.32 Å². The first-order valence-electron chi connectivity index (χ1n) is 8.46. The zero-order chi connectivity index (χ0) is 17.7. The van der Waals surface area contributed by atoms with E-state index in [2.05, 4.69) is 11.4 Å². The van der Waals surface area contributed by atoms with Gasteiger partial charge in [0.1, 0.15) is 0 Å². The molecule has 0 bridgehead atoms. The Morgan fingerprint density at radius 3 is 2.44 bits per heavy atom. The summed E-state index contributed by atoms with van der Waals surface area (Å²) in [4.78, 5) is 10.9. The van der Waals surface area contributed by atoms with Gasteiger partial charge in [0.15, 0.2) is 0 Å². The van der Waals surface area contributed by atoms with Crippen molar-refractivity contribution in [2.24, 2.45) is 0 Å². The molecule has 1 fully saturated rings. The number of carboxylic acid groups (broad SMARTS) is 1. The predicted molar refractivity (Wildman–Crippen MR) is 98.3 cm³/mol. The standard InChI is InChI=1S/C20H22ClNO3/c21-18-4-2-1-3-17(18)20(9-11-25-12-10-20)14-22-13-15-5-7-16(8-6-15)19(23)24/h1-8,22H,9-14H2,(H,23,24). The monoisotopic (exact) mass is 359 g/mol. The van der Waals surface area contributed by atoms with Crippen molar-refractivity contribution in [3.63, 3.8) is 0 Å². The molecule has 1 saturated heterocycles. The molecule has 3 rings (SSSR count). The molecule has 0 amide bonds. The summed E-state index contributed by atoms with van der Waals surface area (Å²) < 4.78 is 5.56. The number of hydrogen-bond acceptors (Lipinski definition) is 3. The fraction of sp³-hybridized carbons (Fsp3) is 0.350. The van der Waals surface area contributed by atoms with E-state index in [9.17, 15) is 4.79 Å². The van der Waals surface area contributed by atoms with E-state index in [4.69, 9.17) is 21.4 Å². The van der Waals surface area contributed by atoms with Gasteiger partial charge in [0.2, 0.25) is 0 Å². The zero-order valence-electron chi connectivity index (χ0n) is 14.0. The molecule has 0 radical (unpaired) electrons. The number of aromatic carboxylic acids is 1. The molecule has 25 heavy (non-hydrogen) atoms. The number of ether oxygens (including phenoxy) is 1. The third kappa shape index (κ3) is 4.21. The lowest BCUT2D eigenvalue weighted by Crippen LogP contribution is -2.42. The van der Waals surface area contributed by atoms with Crippen LogP contribution in [-0.2, 0) is 16.7 Å². The molecule has 5 heteroatoms. The lowest BCUT2D eigenvalue weighted by Gasteiger charge is -2.38. The number of halogens is 1. The lowest BCUT2D eigenvalue weighted by molar-refractivity contribution is 0.0498. The highest BCUT2D eigenvalue weighted by atomic mass is 35.5. The average Bonchev–Trinajstić information content (AvgIpc) is 2.63. The molecule has 0 saturated carbocycles. The molecule has 2 aromatic rings. The molecule has 0 aromatic heterocycles. The normalized spacial score (nSPS) is 16.5. The average molecular weight is 360 g/mol. The van der Waals surface area contributed by atoms with Crippen molar-refractivity contribution >= 4 is 17.6 Å². The van der Waals surface area contributed by atoms with Crippen molar-refractivity contribution in [2.75, 3.05) is 19.8 Å². The van der Waals surface area contributed by atoms with E-state index in [1.807, 2.05) is 30.3 Å². The summed E-state index contributed by atoms with van der Waals surface area (Å²) in [6.07, 6.45) is 1.86. The van der Waals surface area contributed by atoms with E-state index in [0.29, 0.717) is 12.1 Å². The van der Waals surface area contributed by atoms with Crippen LogP contribution in [0.5, 0.6) is 0 Å². The number of carboxylic acids is 1. The molecular weight excluding hydrogens is 338 g/mol. The van der Waals surface area contributed by atoms with Crippen LogP contribution in [0.1, 0.15) is 34.3 Å². The van der Waals surface area contributed by atoms with Gasteiger partial charge in [-0.1, -0.05) is 41.9 Å². The molecule has 0 aliphatic carbocycles. The quantitative estimate of drug-likeness (QED) is 0.821. The van der Waals surface area contributed by atoms with Gasteiger partial charge in [-0.25, -0.2) is 4.79 Å². The molecule has 4 nitrogen and oxygen atoms in total. The maximum absolute atomic E-state index is 10.9. The molecule has 132 valence electrons. The summed E-state index contributed by atoms with van der Waals surface area (Å²) in [5.74, 6) is -0.903. The molecule has 0 atom stereocenters. The third-order valence-corrected chi connectivity index (χ3v) is 5.22. The predicted octanol–water partition coefficient (Wildman–Crippen LogP) is 3.88. The van der Waals surface area contributed by atoms with E-state index < -0.39 is 5.97 Å². The molecule has 0 spiro atoms. The maximum Gasteiger partial charge on any atom is 0.335 e. The first-order valence-corrected chi connectivity index (χ1v) is 8.84. The Morgan fingerprint density at radius 2 is 1.80 bits per heavy atom. The largest absolute Gasteiger partial charge is 0.478 e. The van der Waals surface area contributed by atoms with Gasteiger partial charge in [-0.3, -0.25) is 0 Å². The number of hydrogen-bond donors (Lipinski definition) is 2. The minimum Gasteiger partial charge on any atom is -0.478 e. The van der Waals surface area contributed by atoms with Crippen LogP contribution >= 0.6 is 11.6 Å². The van der Waals surface area contributed by atoms with Crippen molar-refractivity contribution < 1.29 is 14.6 Å². The van der Waals surface area contributed by atoms with Gasteiger partial charge in [-0.05, 0) is 42.2 Å².